The summed E-state index contributed by atoms with van der Waals surface area (Å²) in [6.45, 7) is -0.729. The summed E-state index contributed by atoms with van der Waals surface area (Å²) in [6.07, 6.45) is 8.45. The van der Waals surface area contributed by atoms with Crippen LogP contribution in [0.15, 0.2) is 0 Å². The molecular formula is C10H28CuO6P2S2. The zero-order valence-corrected chi connectivity index (χ0v) is 16.9. The van der Waals surface area contributed by atoms with Crippen molar-refractivity contribution in [1.29, 1.82) is 0 Å². The summed E-state index contributed by atoms with van der Waals surface area (Å²) in [4.78, 5) is 45.3. The minimum Gasteiger partial charge on any atom is -0.325 e. The Balaban J connectivity index is -0.000000112. The molecule has 0 aromatic heterocycles. The largest absolute Gasteiger partial charge is 0.325 e. The van der Waals surface area contributed by atoms with Gasteiger partial charge in [0.2, 0.25) is 0 Å². The first-order valence-corrected chi connectivity index (χ1v) is 11.7. The van der Waals surface area contributed by atoms with Gasteiger partial charge in [0.05, 0.1) is 0 Å². The first-order valence-electron chi connectivity index (χ1n) is 6.41. The molecule has 6 N–H and O–H groups in total. The summed E-state index contributed by atoms with van der Waals surface area (Å²) in [6, 6.07) is 0. The van der Waals surface area contributed by atoms with Gasteiger partial charge < -0.3 is 29.4 Å². The van der Waals surface area contributed by atoms with E-state index < -0.39 is 13.4 Å². The monoisotopic (exact) mass is 433 g/mol. The van der Waals surface area contributed by atoms with Gasteiger partial charge >= 0.3 is 13.4 Å². The summed E-state index contributed by atoms with van der Waals surface area (Å²) in [7, 11) is 0. The van der Waals surface area contributed by atoms with Gasteiger partial charge in [-0.15, -0.1) is 0 Å². The van der Waals surface area contributed by atoms with Gasteiger partial charge in [-0.05, 0) is 29.5 Å². The Morgan fingerprint density at radius 2 is 1.05 bits per heavy atom. The van der Waals surface area contributed by atoms with Crippen molar-refractivity contribution in [1.82, 2.24) is 0 Å². The van der Waals surface area contributed by atoms with Gasteiger partial charge in [-0.2, -0.15) is 0 Å². The van der Waals surface area contributed by atoms with Crippen LogP contribution in [0.1, 0.15) is 59.3 Å². The van der Waals surface area contributed by atoms with Gasteiger partial charge in [0.1, 0.15) is 0 Å². The maximum absolute atomic E-state index is 7.56. The maximum Gasteiger partial charge on any atom is 0.319 e. The van der Waals surface area contributed by atoms with E-state index in [1.807, 2.05) is 0 Å². The van der Waals surface area contributed by atoms with Crippen LogP contribution in [0, 0.1) is 5.92 Å². The quantitative estimate of drug-likeness (QED) is 0.214. The average molecular weight is 434 g/mol. The van der Waals surface area contributed by atoms with Crippen LogP contribution in [-0.2, 0) is 40.7 Å². The van der Waals surface area contributed by atoms with Crippen LogP contribution < -0.4 is 0 Å². The topological polar surface area (TPSA) is 121 Å². The summed E-state index contributed by atoms with van der Waals surface area (Å²) >= 11 is 7.21. The Morgan fingerprint density at radius 3 is 1.24 bits per heavy atom. The zero-order valence-electron chi connectivity index (χ0n) is 12.5. The molecule has 137 valence electrons. The van der Waals surface area contributed by atoms with Crippen LogP contribution in [0.25, 0.3) is 0 Å². The third-order valence-corrected chi connectivity index (χ3v) is 2.37. The molecule has 0 saturated heterocycles. The molecular weight excluding hydrogens is 406 g/mol. The van der Waals surface area contributed by atoms with Crippen molar-refractivity contribution in [3.05, 3.63) is 0 Å². The van der Waals surface area contributed by atoms with E-state index >= 15 is 0 Å². The number of unbranched alkanes of at least 4 members (excludes halogenated alkanes) is 2. The number of hydrogen-bond donors (Lipinski definition) is 6. The molecule has 0 aromatic carbocycles. The minimum absolute atomic E-state index is 0. The third-order valence-electron chi connectivity index (χ3n) is 2.37. The molecule has 0 rings (SSSR count). The van der Waals surface area contributed by atoms with E-state index in [2.05, 4.69) is 44.4 Å². The minimum atomic E-state index is -3.81. The number of rotatable bonds is 6. The molecule has 0 bridgehead atoms. The van der Waals surface area contributed by atoms with E-state index in [-0.39, 0.29) is 17.1 Å². The Bertz CT molecular complexity index is 257. The molecule has 11 heteroatoms. The van der Waals surface area contributed by atoms with Crippen molar-refractivity contribution in [2.24, 2.45) is 5.92 Å². The summed E-state index contributed by atoms with van der Waals surface area (Å²) in [5, 5.41) is 0. The second-order valence-corrected chi connectivity index (χ2v) is 9.20. The van der Waals surface area contributed by atoms with Gasteiger partial charge in [-0.1, -0.05) is 59.3 Å². The molecule has 6 nitrogen and oxygen atoms in total. The van der Waals surface area contributed by atoms with Crippen molar-refractivity contribution in [2.75, 3.05) is 0 Å². The fourth-order valence-electron chi connectivity index (χ4n) is 1.38. The smallest absolute Gasteiger partial charge is 0.319 e. The van der Waals surface area contributed by atoms with E-state index in [4.69, 9.17) is 29.4 Å². The van der Waals surface area contributed by atoms with Gasteiger partial charge in [0.25, 0.3) is 0 Å². The predicted octanol–water partition coefficient (Wildman–Crippen LogP) is 2.38. The first kappa shape index (κ1) is 30.5. The van der Waals surface area contributed by atoms with Crippen LogP contribution in [0.3, 0.4) is 0 Å². The molecule has 0 heterocycles. The summed E-state index contributed by atoms with van der Waals surface area (Å²) in [5.74, 6) is 1.01. The molecule has 0 unspecified atom stereocenters. The van der Waals surface area contributed by atoms with E-state index in [9.17, 15) is 0 Å². The Morgan fingerprint density at radius 1 is 0.762 bits per heavy atom. The van der Waals surface area contributed by atoms with Crippen molar-refractivity contribution in [3.63, 3.8) is 0 Å². The summed E-state index contributed by atoms with van der Waals surface area (Å²) < 4.78 is 0. The molecule has 0 fully saturated rings. The van der Waals surface area contributed by atoms with E-state index in [1.54, 1.807) is 0 Å². The Hall–Kier alpha value is 1.58. The third kappa shape index (κ3) is 73.9. The van der Waals surface area contributed by atoms with Crippen molar-refractivity contribution >= 4 is 37.1 Å². The molecule has 0 aliphatic carbocycles. The van der Waals surface area contributed by atoms with Crippen molar-refractivity contribution in [3.8, 4) is 0 Å². The van der Waals surface area contributed by atoms with Gasteiger partial charge in [-0.25, -0.2) is 0 Å². The van der Waals surface area contributed by atoms with E-state index in [0.29, 0.717) is 0 Å². The van der Waals surface area contributed by atoms with Gasteiger partial charge in [0, 0.05) is 17.1 Å². The van der Waals surface area contributed by atoms with Crippen LogP contribution in [0.5, 0.6) is 0 Å². The summed E-state index contributed by atoms with van der Waals surface area (Å²) in [5.41, 5.74) is 0. The fraction of sp³-hybridized carbons (Fsp3) is 1.00. The van der Waals surface area contributed by atoms with Gasteiger partial charge in [-0.3, -0.25) is 0 Å². The number of hydrogen-bond acceptors (Lipinski definition) is 2. The Labute approximate surface area is 148 Å². The second kappa shape index (κ2) is 17.9. The van der Waals surface area contributed by atoms with Crippen LogP contribution >= 0.6 is 13.4 Å². The molecule has 0 saturated carbocycles. The van der Waals surface area contributed by atoms with Crippen LogP contribution in [0.2, 0.25) is 0 Å². The van der Waals surface area contributed by atoms with E-state index in [1.165, 1.54) is 38.5 Å². The molecule has 21 heavy (non-hydrogen) atoms. The predicted molar refractivity (Wildman–Crippen MR) is 90.1 cm³/mol. The molecule has 0 spiro atoms. The van der Waals surface area contributed by atoms with Crippen molar-refractivity contribution < 1.29 is 46.4 Å². The van der Waals surface area contributed by atoms with Gasteiger partial charge in [0.15, 0.2) is 0 Å². The molecule has 0 atom stereocenters. The molecule has 0 aromatic rings. The fourth-order valence-corrected chi connectivity index (χ4v) is 1.38. The molecule has 0 aliphatic rings. The maximum atomic E-state index is 7.56. The second-order valence-electron chi connectivity index (χ2n) is 4.20. The van der Waals surface area contributed by atoms with E-state index in [0.717, 1.165) is 5.92 Å². The molecule has 0 amide bonds. The zero-order chi connectivity index (χ0) is 16.8. The molecule has 1 radical (unpaired) electrons. The first-order chi connectivity index (χ1) is 8.85. The Kier molecular flexibility index (Phi) is 26.0. The molecule has 0 aliphatic heterocycles. The van der Waals surface area contributed by atoms with Crippen LogP contribution in [0.4, 0.5) is 0 Å². The standard InChI is InChI=1S/C10H22.Cu.2H3O3PS/c1-4-7-8-9-10(5-2)6-3;;2*1-4(2,3)5/h10H,4-9H2,1-3H3;;2*(H3,1,2,3,5). The SMILES string of the molecule is CCCCCC(CC)CC.OP(O)(O)=S.OP(O)(O)=S.[Cu]. The van der Waals surface area contributed by atoms with Crippen molar-refractivity contribution in [2.45, 2.75) is 59.3 Å². The average Bonchev–Trinajstić information content (AvgIpc) is 2.20. The van der Waals surface area contributed by atoms with Crippen LogP contribution in [-0.4, -0.2) is 29.4 Å². The normalized spacial score (nSPS) is 10.8.